The van der Waals surface area contributed by atoms with Crippen LogP contribution in [0.4, 0.5) is 0 Å². The van der Waals surface area contributed by atoms with E-state index in [-0.39, 0.29) is 11.4 Å². The molecule has 1 amide bonds. The largest absolute Gasteiger partial charge is 0.317 e. The lowest BCUT2D eigenvalue weighted by molar-refractivity contribution is -0.114. The molecule has 0 bridgehead atoms. The minimum absolute atomic E-state index is 0.0573. The molecule has 3 aromatic rings. The van der Waals surface area contributed by atoms with Gasteiger partial charge in [-0.25, -0.2) is 0 Å². The number of benzene rings is 1. The van der Waals surface area contributed by atoms with E-state index in [9.17, 15) is 4.79 Å². The standard InChI is InChI=1S/C24H21N5OS2/c1-3-16-8-4-7-15(2)21(16)28-11-5-9-17(28)13-19-22(25)29-24(26-23(19)30)32-20(27-29)14-18-10-6-12-31-18/h4-13,25H,3,14H2,1-2H3/b19-13-,25-22?. The second-order valence-electron chi connectivity index (χ2n) is 7.51. The molecule has 1 N–H and O–H groups in total. The van der Waals surface area contributed by atoms with Crippen molar-refractivity contribution in [3.63, 3.8) is 0 Å². The Morgan fingerprint density at radius 1 is 1.16 bits per heavy atom. The number of nitrogens with one attached hydrogen (secondary N) is 1. The van der Waals surface area contributed by atoms with Crippen molar-refractivity contribution in [2.24, 2.45) is 10.1 Å². The first-order valence-electron chi connectivity index (χ1n) is 10.3. The van der Waals surface area contributed by atoms with Crippen molar-refractivity contribution in [3.8, 4) is 5.69 Å². The average molecular weight is 460 g/mol. The van der Waals surface area contributed by atoms with E-state index < -0.39 is 5.91 Å². The number of carbonyl (C=O) groups excluding carboxylic acids is 1. The summed E-state index contributed by atoms with van der Waals surface area (Å²) < 4.78 is 2.07. The highest BCUT2D eigenvalue weighted by Gasteiger charge is 2.35. The summed E-state index contributed by atoms with van der Waals surface area (Å²) in [7, 11) is 0. The Morgan fingerprint density at radius 3 is 2.81 bits per heavy atom. The molecule has 0 saturated heterocycles. The fourth-order valence-electron chi connectivity index (χ4n) is 3.88. The smallest absolute Gasteiger partial charge is 0.283 e. The molecule has 0 fully saturated rings. The van der Waals surface area contributed by atoms with Gasteiger partial charge in [0.25, 0.3) is 5.91 Å². The summed E-state index contributed by atoms with van der Waals surface area (Å²) in [6.45, 7) is 4.22. The maximum absolute atomic E-state index is 12.8. The molecule has 2 aromatic heterocycles. The van der Waals surface area contributed by atoms with Crippen molar-refractivity contribution in [1.29, 1.82) is 5.41 Å². The topological polar surface area (TPSA) is 73.8 Å². The van der Waals surface area contributed by atoms with Crippen molar-refractivity contribution in [2.45, 2.75) is 26.7 Å². The number of hydrogen-bond acceptors (Lipinski definition) is 5. The second-order valence-corrected chi connectivity index (χ2v) is 9.58. The number of fused-ring (bicyclic) bond motifs is 1. The first kappa shape index (κ1) is 20.7. The van der Waals surface area contributed by atoms with Crippen LogP contribution >= 0.6 is 23.1 Å². The minimum atomic E-state index is -0.408. The van der Waals surface area contributed by atoms with Gasteiger partial charge < -0.3 is 4.57 Å². The fourth-order valence-corrected chi connectivity index (χ4v) is 5.59. The molecule has 0 saturated carbocycles. The molecule has 4 heterocycles. The number of aliphatic imine (C=N–C) groups is 1. The van der Waals surface area contributed by atoms with Crippen molar-refractivity contribution in [1.82, 2.24) is 9.58 Å². The Labute approximate surface area is 194 Å². The Kier molecular flexibility index (Phi) is 5.40. The Balaban J connectivity index is 1.50. The van der Waals surface area contributed by atoms with E-state index in [4.69, 9.17) is 5.41 Å². The van der Waals surface area contributed by atoms with Crippen molar-refractivity contribution in [3.05, 3.63) is 81.3 Å². The number of nitrogens with zero attached hydrogens (tertiary/aromatic N) is 4. The number of aryl methyl sites for hydroxylation is 2. The number of hydrogen-bond donors (Lipinski definition) is 1. The van der Waals surface area contributed by atoms with Gasteiger partial charge in [-0.1, -0.05) is 31.2 Å². The average Bonchev–Trinajstić information content (AvgIpc) is 3.52. The summed E-state index contributed by atoms with van der Waals surface area (Å²) in [6, 6.07) is 14.2. The Bertz CT molecular complexity index is 1310. The van der Waals surface area contributed by atoms with Crippen LogP contribution in [0.15, 0.2) is 69.7 Å². The molecule has 160 valence electrons. The van der Waals surface area contributed by atoms with Crippen LogP contribution in [0.2, 0.25) is 0 Å². The zero-order valence-corrected chi connectivity index (χ0v) is 19.3. The zero-order valence-electron chi connectivity index (χ0n) is 17.7. The zero-order chi connectivity index (χ0) is 22.2. The van der Waals surface area contributed by atoms with Crippen molar-refractivity contribution in [2.75, 3.05) is 0 Å². The highest BCUT2D eigenvalue weighted by atomic mass is 32.2. The number of thiophene rings is 1. The van der Waals surface area contributed by atoms with Gasteiger partial charge in [-0.15, -0.1) is 11.3 Å². The monoisotopic (exact) mass is 459 g/mol. The molecule has 0 unspecified atom stereocenters. The van der Waals surface area contributed by atoms with Gasteiger partial charge in [-0.3, -0.25) is 10.2 Å². The quantitative estimate of drug-likeness (QED) is 0.528. The van der Waals surface area contributed by atoms with Crippen LogP contribution in [0, 0.1) is 12.3 Å². The SMILES string of the molecule is CCc1cccc(C)c1-n1cccc1/C=C1/C(=N)N2N=C(Cc3cccs3)SC2=NC1=O. The van der Waals surface area contributed by atoms with Gasteiger partial charge in [0.15, 0.2) is 5.84 Å². The van der Waals surface area contributed by atoms with E-state index >= 15 is 0 Å². The number of rotatable bonds is 5. The second kappa shape index (κ2) is 8.37. The number of para-hydroxylation sites is 1. The molecule has 0 atom stereocenters. The molecule has 0 radical (unpaired) electrons. The molecule has 2 aliphatic heterocycles. The van der Waals surface area contributed by atoms with Gasteiger partial charge >= 0.3 is 0 Å². The fraction of sp³-hybridized carbons (Fsp3) is 0.167. The lowest BCUT2D eigenvalue weighted by atomic mass is 10.1. The van der Waals surface area contributed by atoms with Crippen LogP contribution in [0.3, 0.4) is 0 Å². The van der Waals surface area contributed by atoms with Crippen LogP contribution in [-0.2, 0) is 17.6 Å². The molecule has 0 aliphatic carbocycles. The summed E-state index contributed by atoms with van der Waals surface area (Å²) in [5.74, 6) is -0.350. The normalized spacial score (nSPS) is 17.1. The first-order valence-corrected chi connectivity index (χ1v) is 12.0. The number of hydrazone groups is 1. The lowest BCUT2D eigenvalue weighted by Gasteiger charge is -2.21. The Morgan fingerprint density at radius 2 is 2.03 bits per heavy atom. The summed E-state index contributed by atoms with van der Waals surface area (Å²) in [4.78, 5) is 18.3. The summed E-state index contributed by atoms with van der Waals surface area (Å²) in [5, 5.41) is 18.0. The maximum atomic E-state index is 12.8. The maximum Gasteiger partial charge on any atom is 0.283 e. The first-order chi connectivity index (χ1) is 15.5. The number of carbonyl (C=O) groups is 1. The highest BCUT2D eigenvalue weighted by Crippen LogP contribution is 2.31. The number of amides is 1. The molecule has 0 spiro atoms. The van der Waals surface area contributed by atoms with Gasteiger partial charge in [0.05, 0.1) is 11.3 Å². The molecular weight excluding hydrogens is 438 g/mol. The minimum Gasteiger partial charge on any atom is -0.317 e. The molecule has 8 heteroatoms. The third-order valence-corrected chi connectivity index (χ3v) is 7.20. The van der Waals surface area contributed by atoms with Crippen LogP contribution in [0.5, 0.6) is 0 Å². The summed E-state index contributed by atoms with van der Waals surface area (Å²) in [6.07, 6.45) is 5.31. The van der Waals surface area contributed by atoms with Gasteiger partial charge in [-0.2, -0.15) is 15.1 Å². The predicted molar refractivity (Wildman–Crippen MR) is 133 cm³/mol. The molecule has 32 heavy (non-hydrogen) atoms. The third-order valence-electron chi connectivity index (χ3n) is 5.42. The number of thioether (sulfide) groups is 1. The van der Waals surface area contributed by atoms with Crippen molar-refractivity contribution < 1.29 is 4.79 Å². The molecule has 6 nitrogen and oxygen atoms in total. The van der Waals surface area contributed by atoms with Crippen LogP contribution in [0.25, 0.3) is 11.8 Å². The van der Waals surface area contributed by atoms with E-state index in [0.717, 1.165) is 28.4 Å². The van der Waals surface area contributed by atoms with E-state index in [2.05, 4.69) is 52.8 Å². The predicted octanol–water partition coefficient (Wildman–Crippen LogP) is 5.27. The van der Waals surface area contributed by atoms with Gasteiger partial charge in [-0.05, 0) is 65.9 Å². The summed E-state index contributed by atoms with van der Waals surface area (Å²) >= 11 is 3.02. The van der Waals surface area contributed by atoms with Crippen LogP contribution in [-0.4, -0.2) is 31.5 Å². The van der Waals surface area contributed by atoms with E-state index in [0.29, 0.717) is 11.6 Å². The van der Waals surface area contributed by atoms with E-state index in [1.54, 1.807) is 17.4 Å². The molecular formula is C24H21N5OS2. The van der Waals surface area contributed by atoms with Gasteiger partial charge in [0.1, 0.15) is 5.04 Å². The number of amidine groups is 2. The molecule has 5 rings (SSSR count). The van der Waals surface area contributed by atoms with E-state index in [1.807, 2.05) is 29.8 Å². The summed E-state index contributed by atoms with van der Waals surface area (Å²) in [5.41, 5.74) is 4.56. The Hall–Kier alpha value is -3.23. The van der Waals surface area contributed by atoms with E-state index in [1.165, 1.54) is 27.2 Å². The lowest BCUT2D eigenvalue weighted by Crippen LogP contribution is -2.35. The van der Waals surface area contributed by atoms with Gasteiger partial charge in [0, 0.05) is 23.2 Å². The van der Waals surface area contributed by atoms with Crippen molar-refractivity contribution >= 4 is 51.1 Å². The molecule has 2 aliphatic rings. The van der Waals surface area contributed by atoms with Crippen LogP contribution < -0.4 is 0 Å². The highest BCUT2D eigenvalue weighted by molar-refractivity contribution is 8.27. The molecule has 1 aromatic carbocycles. The van der Waals surface area contributed by atoms with Gasteiger partial charge in [0.2, 0.25) is 5.17 Å². The van der Waals surface area contributed by atoms with Crippen LogP contribution in [0.1, 0.15) is 28.6 Å². The third kappa shape index (κ3) is 3.65. The number of aromatic nitrogens is 1.